The number of aromatic nitrogens is 2. The van der Waals surface area contributed by atoms with Crippen LogP contribution < -0.4 is 5.32 Å². The van der Waals surface area contributed by atoms with Crippen LogP contribution in [0.5, 0.6) is 0 Å². The highest BCUT2D eigenvalue weighted by molar-refractivity contribution is 7.84. The largest absolute Gasteiger partial charge is 0.347 e. The predicted molar refractivity (Wildman–Crippen MR) is 58.4 cm³/mol. The van der Waals surface area contributed by atoms with Crippen LogP contribution in [0.2, 0.25) is 0 Å². The van der Waals surface area contributed by atoms with Crippen molar-refractivity contribution in [2.24, 2.45) is 0 Å². The van der Waals surface area contributed by atoms with E-state index in [4.69, 9.17) is 0 Å². The van der Waals surface area contributed by atoms with Gasteiger partial charge in [-0.25, -0.2) is 4.98 Å². The minimum atomic E-state index is -0.687. The fourth-order valence-electron chi connectivity index (χ4n) is 1.11. The minimum absolute atomic E-state index is 0.391. The number of hydrogen-bond acceptors (Lipinski definition) is 3. The zero-order valence-corrected chi connectivity index (χ0v) is 9.43. The van der Waals surface area contributed by atoms with Crippen LogP contribution in [0.15, 0.2) is 12.5 Å². The van der Waals surface area contributed by atoms with Gasteiger partial charge < -0.3 is 10.3 Å². The summed E-state index contributed by atoms with van der Waals surface area (Å²) in [6.45, 7) is 2.89. The van der Waals surface area contributed by atoms with Crippen LogP contribution in [0, 0.1) is 0 Å². The number of imidazole rings is 1. The molecule has 0 amide bonds. The van der Waals surface area contributed by atoms with Gasteiger partial charge in [0.2, 0.25) is 0 Å². The molecule has 2 N–H and O–H groups in total. The first kappa shape index (κ1) is 11.4. The summed E-state index contributed by atoms with van der Waals surface area (Å²) in [4.78, 5) is 6.95. The van der Waals surface area contributed by atoms with Crippen LogP contribution in [0.25, 0.3) is 0 Å². The second kappa shape index (κ2) is 5.93. The van der Waals surface area contributed by atoms with Gasteiger partial charge in [-0.3, -0.25) is 4.21 Å². The molecule has 1 aromatic rings. The summed E-state index contributed by atoms with van der Waals surface area (Å²) >= 11 is 0. The van der Waals surface area contributed by atoms with Gasteiger partial charge in [0.1, 0.15) is 0 Å². The van der Waals surface area contributed by atoms with Gasteiger partial charge in [-0.15, -0.1) is 0 Å². The molecule has 0 spiro atoms. The first-order valence-corrected chi connectivity index (χ1v) is 6.42. The van der Waals surface area contributed by atoms with Crippen LogP contribution in [0.4, 0.5) is 0 Å². The Kier molecular flexibility index (Phi) is 4.82. The van der Waals surface area contributed by atoms with Crippen molar-refractivity contribution < 1.29 is 4.21 Å². The molecular formula is C9H17N3OS. The topological polar surface area (TPSA) is 57.8 Å². The van der Waals surface area contributed by atoms with Crippen molar-refractivity contribution in [3.63, 3.8) is 0 Å². The molecule has 80 valence electrons. The lowest BCUT2D eigenvalue weighted by atomic mass is 10.2. The molecule has 1 rings (SSSR count). The summed E-state index contributed by atoms with van der Waals surface area (Å²) in [6.07, 6.45) is 6.15. The summed E-state index contributed by atoms with van der Waals surface area (Å²) in [5.74, 6) is 0.761. The molecule has 0 saturated carbocycles. The van der Waals surface area contributed by atoms with Gasteiger partial charge in [-0.1, -0.05) is 0 Å². The fourth-order valence-corrected chi connectivity index (χ4v) is 1.80. The Morgan fingerprint density at radius 3 is 3.07 bits per heavy atom. The van der Waals surface area contributed by atoms with Crippen molar-refractivity contribution in [2.75, 3.05) is 12.0 Å². The monoisotopic (exact) mass is 215 g/mol. The van der Waals surface area contributed by atoms with Crippen LogP contribution in [0.3, 0.4) is 0 Å². The lowest BCUT2D eigenvalue weighted by molar-refractivity contribution is 0.530. The van der Waals surface area contributed by atoms with E-state index in [2.05, 4.69) is 22.2 Å². The number of H-pyrrole nitrogens is 1. The Hall–Kier alpha value is -0.680. The molecule has 2 atom stereocenters. The van der Waals surface area contributed by atoms with Gasteiger partial charge in [-0.05, 0) is 13.3 Å². The Morgan fingerprint density at radius 1 is 1.71 bits per heavy atom. The van der Waals surface area contributed by atoms with Crippen LogP contribution >= 0.6 is 0 Å². The van der Waals surface area contributed by atoms with Gasteiger partial charge in [0.05, 0.1) is 6.33 Å². The van der Waals surface area contributed by atoms with E-state index >= 15 is 0 Å². The Labute approximate surface area is 87.0 Å². The van der Waals surface area contributed by atoms with E-state index in [0.717, 1.165) is 24.4 Å². The maximum Gasteiger partial charge on any atom is 0.0922 e. The quantitative estimate of drug-likeness (QED) is 0.733. The van der Waals surface area contributed by atoms with Crippen molar-refractivity contribution in [1.82, 2.24) is 15.3 Å². The van der Waals surface area contributed by atoms with E-state index in [0.29, 0.717) is 6.04 Å². The lowest BCUT2D eigenvalue weighted by Crippen LogP contribution is -2.27. The van der Waals surface area contributed by atoms with E-state index in [-0.39, 0.29) is 0 Å². The molecule has 0 aliphatic rings. The highest BCUT2D eigenvalue weighted by Gasteiger charge is 2.02. The third-order valence-electron chi connectivity index (χ3n) is 2.03. The van der Waals surface area contributed by atoms with Crippen molar-refractivity contribution in [3.8, 4) is 0 Å². The molecule has 14 heavy (non-hydrogen) atoms. The van der Waals surface area contributed by atoms with E-state index in [1.54, 1.807) is 18.8 Å². The van der Waals surface area contributed by atoms with Gasteiger partial charge in [0.25, 0.3) is 0 Å². The molecular weight excluding hydrogens is 198 g/mol. The number of rotatable bonds is 6. The number of aromatic amines is 1. The number of hydrogen-bond donors (Lipinski definition) is 2. The van der Waals surface area contributed by atoms with Crippen molar-refractivity contribution in [2.45, 2.75) is 25.9 Å². The number of nitrogens with zero attached hydrogens (tertiary/aromatic N) is 1. The second-order valence-corrected chi connectivity index (χ2v) is 4.98. The zero-order chi connectivity index (χ0) is 10.4. The van der Waals surface area contributed by atoms with Gasteiger partial charge in [0.15, 0.2) is 0 Å². The van der Waals surface area contributed by atoms with Gasteiger partial charge in [-0.2, -0.15) is 0 Å². The maximum atomic E-state index is 10.8. The molecule has 2 unspecified atom stereocenters. The zero-order valence-electron chi connectivity index (χ0n) is 8.62. The molecule has 0 aliphatic carbocycles. The van der Waals surface area contributed by atoms with E-state index in [1.807, 2.05) is 0 Å². The summed E-state index contributed by atoms with van der Waals surface area (Å²) in [7, 11) is -0.687. The molecule has 0 fully saturated rings. The van der Waals surface area contributed by atoms with E-state index in [1.165, 1.54) is 0 Å². The molecule has 5 heteroatoms. The highest BCUT2D eigenvalue weighted by atomic mass is 32.2. The standard InChI is InChI=1S/C9H17N3OS/c1-8(3-4-14(2)13)11-6-9-5-10-7-12-9/h5,7-8,11H,3-4,6H2,1-2H3,(H,10,12). The minimum Gasteiger partial charge on any atom is -0.347 e. The SMILES string of the molecule is CC(CCS(C)=O)NCc1cnc[nH]1. The molecule has 0 aliphatic heterocycles. The predicted octanol–water partition coefficient (Wildman–Crippen LogP) is 0.656. The third kappa shape index (κ3) is 4.53. The molecule has 0 aromatic carbocycles. The first-order chi connectivity index (χ1) is 6.68. The average Bonchev–Trinajstić information content (AvgIpc) is 2.63. The summed E-state index contributed by atoms with van der Waals surface area (Å²) < 4.78 is 10.8. The molecule has 0 saturated heterocycles. The van der Waals surface area contributed by atoms with E-state index < -0.39 is 10.8 Å². The number of nitrogens with one attached hydrogen (secondary N) is 2. The van der Waals surface area contributed by atoms with Crippen LogP contribution in [0.1, 0.15) is 19.0 Å². The second-order valence-electron chi connectivity index (χ2n) is 3.42. The molecule has 0 radical (unpaired) electrons. The molecule has 1 heterocycles. The Balaban J connectivity index is 2.15. The maximum absolute atomic E-state index is 10.8. The molecule has 4 nitrogen and oxygen atoms in total. The van der Waals surface area contributed by atoms with Crippen LogP contribution in [-0.2, 0) is 17.3 Å². The normalized spacial score (nSPS) is 15.3. The van der Waals surface area contributed by atoms with Crippen LogP contribution in [-0.4, -0.2) is 32.2 Å². The summed E-state index contributed by atoms with van der Waals surface area (Å²) in [5, 5.41) is 3.33. The van der Waals surface area contributed by atoms with Gasteiger partial charge in [0, 0.05) is 47.3 Å². The Morgan fingerprint density at radius 2 is 2.50 bits per heavy atom. The fraction of sp³-hybridized carbons (Fsp3) is 0.667. The molecule has 0 bridgehead atoms. The van der Waals surface area contributed by atoms with Crippen molar-refractivity contribution >= 4 is 10.8 Å². The highest BCUT2D eigenvalue weighted by Crippen LogP contribution is 1.96. The third-order valence-corrected chi connectivity index (χ3v) is 2.84. The summed E-state index contributed by atoms with van der Waals surface area (Å²) in [5.41, 5.74) is 1.08. The average molecular weight is 215 g/mol. The van der Waals surface area contributed by atoms with Crippen molar-refractivity contribution in [1.29, 1.82) is 0 Å². The first-order valence-electron chi connectivity index (χ1n) is 4.69. The van der Waals surface area contributed by atoms with E-state index in [9.17, 15) is 4.21 Å². The summed E-state index contributed by atoms with van der Waals surface area (Å²) in [6, 6.07) is 0.391. The lowest BCUT2D eigenvalue weighted by Gasteiger charge is -2.11. The van der Waals surface area contributed by atoms with Crippen molar-refractivity contribution in [3.05, 3.63) is 18.2 Å². The Bertz CT molecular complexity index is 274. The molecule has 1 aromatic heterocycles. The smallest absolute Gasteiger partial charge is 0.0922 e. The van der Waals surface area contributed by atoms with Gasteiger partial charge >= 0.3 is 0 Å².